The molecule has 2 aliphatic heterocycles. The Bertz CT molecular complexity index is 587. The third kappa shape index (κ3) is 2.79. The first-order valence-corrected chi connectivity index (χ1v) is 8.58. The molecule has 2 nitrogen and oxygen atoms in total. The summed E-state index contributed by atoms with van der Waals surface area (Å²) in [6.45, 7) is 5.91. The van der Waals surface area contributed by atoms with Gasteiger partial charge in [-0.1, -0.05) is 13.8 Å². The van der Waals surface area contributed by atoms with Crippen LogP contribution in [0.5, 0.6) is 0 Å². The molecule has 4 rings (SSSR count). The fourth-order valence-electron chi connectivity index (χ4n) is 3.73. The van der Waals surface area contributed by atoms with E-state index in [9.17, 15) is 4.39 Å². The lowest BCUT2D eigenvalue weighted by Gasteiger charge is -2.32. The number of nitrogens with zero attached hydrogens (tertiary/aromatic N) is 1. The lowest BCUT2D eigenvalue weighted by atomic mass is 9.92. The highest BCUT2D eigenvalue weighted by molar-refractivity contribution is 5.67. The standard InChI is InChI=1S/C17H20FNO.C2H6/c1-20-17(11-4-5-11)13-7-12-8-14-3-2-6-19(14)10-15(12)16(18)9-13;1-2/h7,9,14H,2-6,8,10H2,1H3;1-2H3. The maximum Gasteiger partial charge on any atom is 0.128 e. The average Bonchev–Trinajstić information content (AvgIpc) is 3.26. The fraction of sp³-hybridized carbons (Fsp3) is 0.579. The summed E-state index contributed by atoms with van der Waals surface area (Å²) in [5.74, 6) is 0.846. The van der Waals surface area contributed by atoms with Gasteiger partial charge in [0.25, 0.3) is 0 Å². The lowest BCUT2D eigenvalue weighted by Crippen LogP contribution is -2.35. The van der Waals surface area contributed by atoms with Crippen LogP contribution in [-0.4, -0.2) is 24.6 Å². The zero-order valence-electron chi connectivity index (χ0n) is 13.9. The monoisotopic (exact) mass is 303 g/mol. The number of ether oxygens (including phenoxy) is 1. The van der Waals surface area contributed by atoms with Gasteiger partial charge in [0.1, 0.15) is 11.6 Å². The number of rotatable bonds is 2. The van der Waals surface area contributed by atoms with Crippen molar-refractivity contribution in [2.45, 2.75) is 58.5 Å². The minimum atomic E-state index is -0.0568. The van der Waals surface area contributed by atoms with Crippen LogP contribution in [0.15, 0.2) is 17.7 Å². The summed E-state index contributed by atoms with van der Waals surface area (Å²) in [4.78, 5) is 2.43. The summed E-state index contributed by atoms with van der Waals surface area (Å²) < 4.78 is 20.0. The van der Waals surface area contributed by atoms with E-state index in [-0.39, 0.29) is 5.82 Å². The molecule has 2 fully saturated rings. The predicted molar refractivity (Wildman–Crippen MR) is 88.0 cm³/mol. The van der Waals surface area contributed by atoms with Crippen LogP contribution < -0.4 is 0 Å². The van der Waals surface area contributed by atoms with E-state index in [4.69, 9.17) is 4.74 Å². The van der Waals surface area contributed by atoms with Crippen molar-refractivity contribution < 1.29 is 9.13 Å². The minimum absolute atomic E-state index is 0.0568. The summed E-state index contributed by atoms with van der Waals surface area (Å²) in [6.07, 6.45) is 5.69. The Hall–Kier alpha value is -1.35. The van der Waals surface area contributed by atoms with E-state index >= 15 is 0 Å². The van der Waals surface area contributed by atoms with E-state index in [1.54, 1.807) is 13.2 Å². The third-order valence-electron chi connectivity index (χ3n) is 4.89. The number of hydrogen-bond donors (Lipinski definition) is 0. The van der Waals surface area contributed by atoms with Crippen LogP contribution in [-0.2, 0) is 17.7 Å². The van der Waals surface area contributed by atoms with Crippen LogP contribution in [0.2, 0.25) is 0 Å². The quantitative estimate of drug-likeness (QED) is 0.745. The van der Waals surface area contributed by atoms with Crippen molar-refractivity contribution in [3.05, 3.63) is 40.2 Å². The topological polar surface area (TPSA) is 12.5 Å². The fourth-order valence-corrected chi connectivity index (χ4v) is 3.73. The molecule has 1 unspecified atom stereocenters. The molecule has 0 aromatic heterocycles. The number of allylic oxidation sites excluding steroid dienone is 1. The molecule has 0 spiro atoms. The van der Waals surface area contributed by atoms with Crippen LogP contribution in [0.25, 0.3) is 5.76 Å². The van der Waals surface area contributed by atoms with Crippen molar-refractivity contribution >= 4 is 5.76 Å². The van der Waals surface area contributed by atoms with Gasteiger partial charge in [0.2, 0.25) is 0 Å². The normalized spacial score (nSPS) is 22.4. The molecule has 1 atom stereocenters. The molecule has 1 aromatic rings. The molecule has 1 saturated heterocycles. The second-order valence-electron chi connectivity index (χ2n) is 6.20. The van der Waals surface area contributed by atoms with Crippen molar-refractivity contribution in [1.29, 1.82) is 0 Å². The molecule has 0 radical (unpaired) electrons. The van der Waals surface area contributed by atoms with Gasteiger partial charge < -0.3 is 4.74 Å². The maximum atomic E-state index is 14.5. The molecule has 3 aliphatic rings. The SMILES string of the molecule is CC.COC(=C1CC1)c1cc(F)c2c(c1)CC1CCCN1C2. The Kier molecular flexibility index (Phi) is 4.53. The number of methoxy groups -OCH3 is 1. The van der Waals surface area contributed by atoms with Crippen LogP contribution in [0.3, 0.4) is 0 Å². The summed E-state index contributed by atoms with van der Waals surface area (Å²) in [5.41, 5.74) is 4.36. The van der Waals surface area contributed by atoms with Gasteiger partial charge in [0, 0.05) is 23.7 Å². The van der Waals surface area contributed by atoms with Crippen LogP contribution >= 0.6 is 0 Å². The number of hydrogen-bond acceptors (Lipinski definition) is 2. The van der Waals surface area contributed by atoms with E-state index in [2.05, 4.69) is 11.0 Å². The van der Waals surface area contributed by atoms with Gasteiger partial charge in [-0.05, 0) is 61.9 Å². The Morgan fingerprint density at radius 3 is 2.73 bits per heavy atom. The van der Waals surface area contributed by atoms with Crippen molar-refractivity contribution in [1.82, 2.24) is 4.90 Å². The highest BCUT2D eigenvalue weighted by Crippen LogP contribution is 2.39. The molecule has 0 bridgehead atoms. The molecule has 1 aliphatic carbocycles. The minimum Gasteiger partial charge on any atom is -0.496 e. The smallest absolute Gasteiger partial charge is 0.128 e. The second-order valence-corrected chi connectivity index (χ2v) is 6.20. The van der Waals surface area contributed by atoms with E-state index < -0.39 is 0 Å². The highest BCUT2D eigenvalue weighted by Gasteiger charge is 2.32. The number of halogens is 1. The largest absolute Gasteiger partial charge is 0.496 e. The Morgan fingerprint density at radius 1 is 1.27 bits per heavy atom. The van der Waals surface area contributed by atoms with Crippen molar-refractivity contribution in [2.75, 3.05) is 13.7 Å². The van der Waals surface area contributed by atoms with Crippen LogP contribution in [0.1, 0.15) is 56.2 Å². The molecule has 3 heteroatoms. The van der Waals surface area contributed by atoms with Gasteiger partial charge in [-0.25, -0.2) is 4.39 Å². The summed E-state index contributed by atoms with van der Waals surface area (Å²) in [6, 6.07) is 4.45. The van der Waals surface area contributed by atoms with E-state index in [0.717, 1.165) is 49.2 Å². The average molecular weight is 303 g/mol. The first kappa shape index (κ1) is 15.5. The summed E-state index contributed by atoms with van der Waals surface area (Å²) in [5, 5.41) is 0. The zero-order valence-corrected chi connectivity index (χ0v) is 13.9. The van der Waals surface area contributed by atoms with Crippen molar-refractivity contribution in [2.24, 2.45) is 0 Å². The number of fused-ring (bicyclic) bond motifs is 2. The van der Waals surface area contributed by atoms with E-state index in [1.807, 2.05) is 13.8 Å². The van der Waals surface area contributed by atoms with Gasteiger partial charge >= 0.3 is 0 Å². The molecule has 120 valence electrons. The van der Waals surface area contributed by atoms with Crippen molar-refractivity contribution in [3.63, 3.8) is 0 Å². The highest BCUT2D eigenvalue weighted by atomic mass is 19.1. The predicted octanol–water partition coefficient (Wildman–Crippen LogP) is 4.52. The molecule has 2 heterocycles. The second kappa shape index (κ2) is 6.41. The molecule has 0 amide bonds. The van der Waals surface area contributed by atoms with Crippen LogP contribution in [0, 0.1) is 5.82 Å². The van der Waals surface area contributed by atoms with Crippen LogP contribution in [0.4, 0.5) is 4.39 Å². The lowest BCUT2D eigenvalue weighted by molar-refractivity contribution is 0.223. The van der Waals surface area contributed by atoms with Crippen molar-refractivity contribution in [3.8, 4) is 0 Å². The maximum absolute atomic E-state index is 14.5. The van der Waals surface area contributed by atoms with E-state index in [1.165, 1.54) is 24.0 Å². The Balaban J connectivity index is 0.000000693. The Morgan fingerprint density at radius 2 is 2.05 bits per heavy atom. The molecule has 1 saturated carbocycles. The third-order valence-corrected chi connectivity index (χ3v) is 4.89. The molecule has 0 N–H and O–H groups in total. The molecular weight excluding hydrogens is 277 g/mol. The zero-order chi connectivity index (χ0) is 15.7. The van der Waals surface area contributed by atoms with Gasteiger partial charge in [-0.2, -0.15) is 0 Å². The van der Waals surface area contributed by atoms with E-state index in [0.29, 0.717) is 6.04 Å². The molecule has 22 heavy (non-hydrogen) atoms. The number of benzene rings is 1. The summed E-state index contributed by atoms with van der Waals surface area (Å²) in [7, 11) is 1.69. The van der Waals surface area contributed by atoms with Gasteiger partial charge in [-0.15, -0.1) is 0 Å². The summed E-state index contributed by atoms with van der Waals surface area (Å²) >= 11 is 0. The first-order chi connectivity index (χ1) is 10.8. The first-order valence-electron chi connectivity index (χ1n) is 8.58. The Labute approximate surface area is 133 Å². The van der Waals surface area contributed by atoms with Gasteiger partial charge in [0.15, 0.2) is 0 Å². The molecular formula is C19H26FNO. The van der Waals surface area contributed by atoms with Gasteiger partial charge in [0.05, 0.1) is 7.11 Å². The molecule has 1 aromatic carbocycles. The van der Waals surface area contributed by atoms with Gasteiger partial charge in [-0.3, -0.25) is 4.90 Å².